The van der Waals surface area contributed by atoms with Crippen LogP contribution in [0.5, 0.6) is 5.75 Å². The van der Waals surface area contributed by atoms with Crippen LogP contribution in [0.3, 0.4) is 0 Å². The second-order valence-corrected chi connectivity index (χ2v) is 12.9. The highest BCUT2D eigenvalue weighted by Crippen LogP contribution is 2.42. The average molecular weight is 515 g/mol. The third-order valence-corrected chi connectivity index (χ3v) is 10.8. The van der Waals surface area contributed by atoms with E-state index >= 15 is 0 Å². The molecule has 0 unspecified atom stereocenters. The monoisotopic (exact) mass is 514 g/mol. The fourth-order valence-electron chi connectivity index (χ4n) is 3.42. The van der Waals surface area contributed by atoms with Gasteiger partial charge < -0.3 is 5.11 Å². The first kappa shape index (κ1) is 23.7. The minimum absolute atomic E-state index is 0.228. The second kappa shape index (κ2) is 8.71. The van der Waals surface area contributed by atoms with E-state index in [2.05, 4.69) is 0 Å². The molecule has 10 heteroatoms. The normalized spacial score (nSPS) is 12.4. The Kier molecular flexibility index (Phi) is 6.07. The molecule has 1 N–H and O–H groups in total. The van der Waals surface area contributed by atoms with Crippen molar-refractivity contribution in [2.45, 2.75) is 29.4 Å². The van der Waals surface area contributed by atoms with Gasteiger partial charge in [0.1, 0.15) is 15.5 Å². The van der Waals surface area contributed by atoms with E-state index in [9.17, 15) is 30.4 Å². The zero-order valence-electron chi connectivity index (χ0n) is 17.4. The molecule has 0 saturated heterocycles. The van der Waals surface area contributed by atoms with Gasteiger partial charge >= 0.3 is 0 Å². The molecule has 0 heterocycles. The van der Waals surface area contributed by atoms with Gasteiger partial charge in [-0.2, -0.15) is 0 Å². The number of sulfone groups is 3. The molecule has 0 aromatic heterocycles. The standard InChI is InChI=1S/C24H18O7S3/c25-21-16-17-22(32(26,27)18-10-4-1-5-11-18)24(34(30,31)20-14-8-3-9-15-20)23(21)33(28,29)19-12-6-2-7-13-19/h1-17,25H. The van der Waals surface area contributed by atoms with Gasteiger partial charge in [-0.15, -0.1) is 0 Å². The maximum absolute atomic E-state index is 13.7. The molecule has 0 amide bonds. The van der Waals surface area contributed by atoms with Crippen LogP contribution in [0, 0.1) is 0 Å². The summed E-state index contributed by atoms with van der Waals surface area (Å²) in [5.41, 5.74) is 0. The summed E-state index contributed by atoms with van der Waals surface area (Å²) in [6.07, 6.45) is 0. The van der Waals surface area contributed by atoms with Gasteiger partial charge in [0.25, 0.3) is 0 Å². The third kappa shape index (κ3) is 4.00. The van der Waals surface area contributed by atoms with E-state index in [0.717, 1.165) is 12.1 Å². The Labute approximate surface area is 197 Å². The Balaban J connectivity index is 2.17. The molecule has 4 aromatic carbocycles. The van der Waals surface area contributed by atoms with Crippen molar-refractivity contribution in [3.05, 3.63) is 103 Å². The van der Waals surface area contributed by atoms with Gasteiger partial charge in [-0.25, -0.2) is 25.3 Å². The molecule has 0 aliphatic heterocycles. The molecule has 0 radical (unpaired) electrons. The number of benzene rings is 4. The SMILES string of the molecule is O=S(=O)(c1ccccc1)c1ccc(O)c(S(=O)(=O)c2ccccc2)c1S(=O)(=O)c1ccccc1. The van der Waals surface area contributed by atoms with Crippen molar-refractivity contribution in [3.8, 4) is 5.75 Å². The van der Waals surface area contributed by atoms with Gasteiger partial charge in [-0.05, 0) is 48.5 Å². The molecule has 0 fully saturated rings. The molecular weight excluding hydrogens is 496 g/mol. The number of phenols is 1. The van der Waals surface area contributed by atoms with E-state index in [1.807, 2.05) is 0 Å². The molecule has 4 rings (SSSR count). The predicted octanol–water partition coefficient (Wildman–Crippen LogP) is 3.89. The molecule has 0 bridgehead atoms. The summed E-state index contributed by atoms with van der Waals surface area (Å²) in [6, 6.07) is 22.5. The maximum Gasteiger partial charge on any atom is 0.211 e. The van der Waals surface area contributed by atoms with Crippen molar-refractivity contribution in [2.24, 2.45) is 0 Å². The summed E-state index contributed by atoms with van der Waals surface area (Å²) in [6.45, 7) is 0. The average Bonchev–Trinajstić information content (AvgIpc) is 2.85. The minimum Gasteiger partial charge on any atom is -0.507 e. The van der Waals surface area contributed by atoms with Gasteiger partial charge in [-0.3, -0.25) is 0 Å². The lowest BCUT2D eigenvalue weighted by Crippen LogP contribution is -2.16. The number of aromatic hydroxyl groups is 1. The van der Waals surface area contributed by atoms with Crippen LogP contribution in [0.15, 0.2) is 133 Å². The van der Waals surface area contributed by atoms with Crippen LogP contribution in [0.25, 0.3) is 0 Å². The van der Waals surface area contributed by atoms with Crippen LogP contribution in [-0.2, 0) is 29.5 Å². The second-order valence-electron chi connectivity index (χ2n) is 7.19. The van der Waals surface area contributed by atoms with E-state index in [0.29, 0.717) is 0 Å². The van der Waals surface area contributed by atoms with Crippen LogP contribution in [0.4, 0.5) is 0 Å². The molecule has 7 nitrogen and oxygen atoms in total. The minimum atomic E-state index is -4.72. The Morgan fingerprint density at radius 1 is 0.412 bits per heavy atom. The van der Waals surface area contributed by atoms with Gasteiger partial charge in [0.15, 0.2) is 0 Å². The molecular formula is C24H18O7S3. The summed E-state index contributed by atoms with van der Waals surface area (Å²) in [5.74, 6) is -0.884. The largest absolute Gasteiger partial charge is 0.507 e. The van der Waals surface area contributed by atoms with Crippen molar-refractivity contribution in [1.82, 2.24) is 0 Å². The third-order valence-electron chi connectivity index (χ3n) is 5.04. The highest BCUT2D eigenvalue weighted by molar-refractivity contribution is 7.96. The lowest BCUT2D eigenvalue weighted by molar-refractivity contribution is 0.451. The highest BCUT2D eigenvalue weighted by atomic mass is 32.2. The van der Waals surface area contributed by atoms with Crippen LogP contribution >= 0.6 is 0 Å². The van der Waals surface area contributed by atoms with E-state index < -0.39 is 49.9 Å². The van der Waals surface area contributed by atoms with E-state index in [1.165, 1.54) is 72.8 Å². The quantitative estimate of drug-likeness (QED) is 0.414. The highest BCUT2D eigenvalue weighted by Gasteiger charge is 2.38. The summed E-state index contributed by atoms with van der Waals surface area (Å²) in [5, 5.41) is 10.6. The smallest absolute Gasteiger partial charge is 0.211 e. The summed E-state index contributed by atoms with van der Waals surface area (Å²) >= 11 is 0. The van der Waals surface area contributed by atoms with Gasteiger partial charge in [0.05, 0.1) is 19.6 Å². The molecule has 0 aliphatic carbocycles. The van der Waals surface area contributed by atoms with E-state index in [1.54, 1.807) is 18.2 Å². The molecule has 0 aliphatic rings. The predicted molar refractivity (Wildman–Crippen MR) is 124 cm³/mol. The number of phenolic OH excluding ortho intramolecular Hbond substituents is 1. The van der Waals surface area contributed by atoms with Crippen LogP contribution < -0.4 is 0 Å². The number of hydrogen-bond donors (Lipinski definition) is 1. The van der Waals surface area contributed by atoms with Gasteiger partial charge in [0.2, 0.25) is 29.5 Å². The molecule has 0 saturated carbocycles. The van der Waals surface area contributed by atoms with Crippen LogP contribution in [-0.4, -0.2) is 30.4 Å². The van der Waals surface area contributed by atoms with Crippen molar-refractivity contribution in [3.63, 3.8) is 0 Å². The molecule has 0 atom stereocenters. The number of rotatable bonds is 6. The molecule has 34 heavy (non-hydrogen) atoms. The van der Waals surface area contributed by atoms with Crippen LogP contribution in [0.1, 0.15) is 0 Å². The topological polar surface area (TPSA) is 123 Å². The molecule has 4 aromatic rings. The Bertz CT molecular complexity index is 1660. The zero-order valence-corrected chi connectivity index (χ0v) is 19.9. The molecule has 0 spiro atoms. The number of hydrogen-bond acceptors (Lipinski definition) is 7. The van der Waals surface area contributed by atoms with E-state index in [4.69, 9.17) is 0 Å². The summed E-state index contributed by atoms with van der Waals surface area (Å²) < 4.78 is 81.6. The van der Waals surface area contributed by atoms with Crippen molar-refractivity contribution in [2.75, 3.05) is 0 Å². The Hall–Kier alpha value is -3.47. The molecule has 174 valence electrons. The lowest BCUT2D eigenvalue weighted by Gasteiger charge is -2.17. The summed E-state index contributed by atoms with van der Waals surface area (Å²) in [4.78, 5) is -3.62. The summed E-state index contributed by atoms with van der Waals surface area (Å²) in [7, 11) is -13.9. The van der Waals surface area contributed by atoms with Crippen molar-refractivity contribution < 1.29 is 30.4 Å². The fraction of sp³-hybridized carbons (Fsp3) is 0. The van der Waals surface area contributed by atoms with Gasteiger partial charge in [-0.1, -0.05) is 54.6 Å². The van der Waals surface area contributed by atoms with Crippen LogP contribution in [0.2, 0.25) is 0 Å². The zero-order chi connectivity index (χ0) is 24.6. The lowest BCUT2D eigenvalue weighted by atomic mass is 10.3. The van der Waals surface area contributed by atoms with Crippen molar-refractivity contribution >= 4 is 29.5 Å². The first-order valence-electron chi connectivity index (χ1n) is 9.84. The fourth-order valence-corrected chi connectivity index (χ4v) is 9.05. The Morgan fingerprint density at radius 3 is 1.18 bits per heavy atom. The van der Waals surface area contributed by atoms with E-state index in [-0.39, 0.29) is 14.7 Å². The first-order valence-corrected chi connectivity index (χ1v) is 14.3. The first-order chi connectivity index (χ1) is 16.1. The maximum atomic E-state index is 13.7. The van der Waals surface area contributed by atoms with Gasteiger partial charge in [0, 0.05) is 0 Å². The van der Waals surface area contributed by atoms with Crippen molar-refractivity contribution in [1.29, 1.82) is 0 Å². The Morgan fingerprint density at radius 2 is 0.765 bits per heavy atom.